The number of aryl methyl sites for hydroxylation is 1. The molecule has 0 amide bonds. The third-order valence-electron chi connectivity index (χ3n) is 11.3. The number of nitrogens with zero attached hydrogens (tertiary/aromatic N) is 2. The summed E-state index contributed by atoms with van der Waals surface area (Å²) in [6, 6.07) is 65.9. The highest BCUT2D eigenvalue weighted by Crippen LogP contribution is 2.41. The molecule has 0 fully saturated rings. The van der Waals surface area contributed by atoms with Crippen LogP contribution in [0, 0.1) is 0 Å². The number of hydrogen-bond acceptors (Lipinski definition) is 2. The van der Waals surface area contributed by atoms with Crippen LogP contribution in [0.25, 0.3) is 77.6 Å². The molecule has 0 unspecified atom stereocenters. The van der Waals surface area contributed by atoms with Gasteiger partial charge in [-0.3, -0.25) is 0 Å². The van der Waals surface area contributed by atoms with Gasteiger partial charge in [0.15, 0.2) is 0 Å². The second kappa shape index (κ2) is 12.8. The molecule has 10 aromatic rings. The van der Waals surface area contributed by atoms with Gasteiger partial charge in [0.2, 0.25) is 0 Å². The molecule has 0 atom stereocenters. The van der Waals surface area contributed by atoms with Gasteiger partial charge in [-0.1, -0.05) is 121 Å². The molecular weight excluding hydrogens is 669 g/mol. The Morgan fingerprint density at radius 1 is 0.473 bits per heavy atom. The molecule has 1 aliphatic carbocycles. The lowest BCUT2D eigenvalue weighted by Gasteiger charge is -2.26. The molecule has 260 valence electrons. The van der Waals surface area contributed by atoms with Crippen LogP contribution >= 0.6 is 0 Å². The van der Waals surface area contributed by atoms with Crippen LogP contribution in [-0.2, 0) is 6.42 Å². The fourth-order valence-electron chi connectivity index (χ4n) is 8.59. The van der Waals surface area contributed by atoms with Gasteiger partial charge < -0.3 is 13.9 Å². The summed E-state index contributed by atoms with van der Waals surface area (Å²) >= 11 is 0. The lowest BCUT2D eigenvalue weighted by molar-refractivity contribution is 0.596. The van der Waals surface area contributed by atoms with Gasteiger partial charge in [0.1, 0.15) is 11.3 Å². The van der Waals surface area contributed by atoms with Crippen LogP contribution in [0.5, 0.6) is 0 Å². The van der Waals surface area contributed by atoms with Crippen LogP contribution in [0.15, 0.2) is 192 Å². The van der Waals surface area contributed by atoms with Crippen molar-refractivity contribution in [3.05, 3.63) is 199 Å². The van der Waals surface area contributed by atoms with Crippen molar-refractivity contribution in [2.45, 2.75) is 12.8 Å². The average molecular weight is 705 g/mol. The maximum absolute atomic E-state index is 6.42. The Morgan fingerprint density at radius 3 is 1.98 bits per heavy atom. The normalized spacial score (nSPS) is 12.5. The van der Waals surface area contributed by atoms with Crippen LogP contribution in [0.3, 0.4) is 0 Å². The number of furan rings is 1. The predicted molar refractivity (Wildman–Crippen MR) is 231 cm³/mol. The smallest absolute Gasteiger partial charge is 0.142 e. The summed E-state index contributed by atoms with van der Waals surface area (Å²) in [5, 5.41) is 6.22. The van der Waals surface area contributed by atoms with Crippen LogP contribution in [0.4, 0.5) is 17.1 Å². The molecule has 11 rings (SSSR count). The van der Waals surface area contributed by atoms with E-state index in [9.17, 15) is 0 Å². The molecule has 0 radical (unpaired) electrons. The second-order valence-electron chi connectivity index (χ2n) is 14.4. The minimum Gasteiger partial charge on any atom is -0.456 e. The molecule has 55 heavy (non-hydrogen) atoms. The van der Waals surface area contributed by atoms with Gasteiger partial charge in [0, 0.05) is 50.0 Å². The third-order valence-corrected chi connectivity index (χ3v) is 11.3. The number of benzene rings is 8. The van der Waals surface area contributed by atoms with Gasteiger partial charge in [0.05, 0.1) is 11.0 Å². The number of aromatic nitrogens is 1. The first kappa shape index (κ1) is 31.4. The van der Waals surface area contributed by atoms with Gasteiger partial charge in [0.25, 0.3) is 0 Å². The quantitative estimate of drug-likeness (QED) is 0.172. The van der Waals surface area contributed by atoms with E-state index in [1.807, 2.05) is 0 Å². The highest BCUT2D eigenvalue weighted by molar-refractivity contribution is 6.10. The SMILES string of the molecule is C1=Cc2oc3c(-c4ccc(N(c5ccccc5)c5ccc(-c6ccc7c(c6)c6ccccc6n7-c6ccc7ccccc7c6)cc5)cc4)cccc3c2CC1. The first-order chi connectivity index (χ1) is 27.3. The molecule has 0 saturated carbocycles. The Bertz CT molecular complexity index is 3070. The number of para-hydroxylation sites is 3. The minimum absolute atomic E-state index is 0.971. The largest absolute Gasteiger partial charge is 0.456 e. The fraction of sp³-hybridized carbons (Fsp3) is 0.0385. The molecule has 0 bridgehead atoms. The van der Waals surface area contributed by atoms with Crippen molar-refractivity contribution in [3.8, 4) is 27.9 Å². The average Bonchev–Trinajstić information content (AvgIpc) is 3.80. The molecule has 0 saturated heterocycles. The molecule has 2 aromatic heterocycles. The topological polar surface area (TPSA) is 21.3 Å². The van der Waals surface area contributed by atoms with E-state index in [0.29, 0.717) is 0 Å². The van der Waals surface area contributed by atoms with Crippen molar-refractivity contribution in [3.63, 3.8) is 0 Å². The summed E-state index contributed by atoms with van der Waals surface area (Å²) in [6.07, 6.45) is 6.41. The lowest BCUT2D eigenvalue weighted by atomic mass is 9.97. The van der Waals surface area contributed by atoms with Gasteiger partial charge >= 0.3 is 0 Å². The molecular formula is C52H36N2O. The van der Waals surface area contributed by atoms with E-state index in [1.165, 1.54) is 60.3 Å². The monoisotopic (exact) mass is 704 g/mol. The van der Waals surface area contributed by atoms with E-state index in [4.69, 9.17) is 4.42 Å². The van der Waals surface area contributed by atoms with Crippen molar-refractivity contribution < 1.29 is 4.42 Å². The van der Waals surface area contributed by atoms with E-state index in [-0.39, 0.29) is 0 Å². The molecule has 2 heterocycles. The minimum atomic E-state index is 0.971. The van der Waals surface area contributed by atoms with E-state index < -0.39 is 0 Å². The van der Waals surface area contributed by atoms with Gasteiger partial charge in [-0.25, -0.2) is 0 Å². The highest BCUT2D eigenvalue weighted by atomic mass is 16.3. The van der Waals surface area contributed by atoms with Gasteiger partial charge in [-0.2, -0.15) is 0 Å². The molecule has 0 spiro atoms. The zero-order chi connectivity index (χ0) is 36.3. The third kappa shape index (κ3) is 5.27. The summed E-state index contributed by atoms with van der Waals surface area (Å²) in [5.74, 6) is 0.997. The van der Waals surface area contributed by atoms with Crippen molar-refractivity contribution in [2.75, 3.05) is 4.90 Å². The number of hydrogen-bond donors (Lipinski definition) is 0. The number of fused-ring (bicyclic) bond motifs is 7. The highest BCUT2D eigenvalue weighted by Gasteiger charge is 2.19. The van der Waals surface area contributed by atoms with E-state index in [0.717, 1.165) is 52.4 Å². The van der Waals surface area contributed by atoms with Crippen molar-refractivity contribution in [2.24, 2.45) is 0 Å². The fourth-order valence-corrected chi connectivity index (χ4v) is 8.59. The van der Waals surface area contributed by atoms with Crippen molar-refractivity contribution in [1.82, 2.24) is 4.57 Å². The lowest BCUT2D eigenvalue weighted by Crippen LogP contribution is -2.09. The first-order valence-corrected chi connectivity index (χ1v) is 19.1. The molecule has 1 aliphatic rings. The number of anilines is 3. The van der Waals surface area contributed by atoms with Crippen molar-refractivity contribution >= 4 is 66.7 Å². The summed E-state index contributed by atoms with van der Waals surface area (Å²) in [5.41, 5.74) is 13.8. The van der Waals surface area contributed by atoms with Gasteiger partial charge in [-0.05, 0) is 113 Å². The van der Waals surface area contributed by atoms with E-state index in [2.05, 4.69) is 204 Å². The molecule has 3 heteroatoms. The zero-order valence-electron chi connectivity index (χ0n) is 30.2. The molecule has 0 aliphatic heterocycles. The summed E-state index contributed by atoms with van der Waals surface area (Å²) in [4.78, 5) is 2.32. The zero-order valence-corrected chi connectivity index (χ0v) is 30.2. The Kier molecular flexibility index (Phi) is 7.31. The van der Waals surface area contributed by atoms with E-state index in [1.54, 1.807) is 0 Å². The number of rotatable bonds is 6. The first-order valence-electron chi connectivity index (χ1n) is 19.1. The Morgan fingerprint density at radius 2 is 1.15 bits per heavy atom. The second-order valence-corrected chi connectivity index (χ2v) is 14.4. The molecule has 0 N–H and O–H groups in total. The molecule has 3 nitrogen and oxygen atoms in total. The maximum atomic E-state index is 6.42. The number of allylic oxidation sites excluding steroid dienone is 1. The van der Waals surface area contributed by atoms with Crippen molar-refractivity contribution in [1.29, 1.82) is 0 Å². The molecule has 8 aromatic carbocycles. The summed E-state index contributed by atoms with van der Waals surface area (Å²) in [6.45, 7) is 0. The predicted octanol–water partition coefficient (Wildman–Crippen LogP) is 14.4. The van der Waals surface area contributed by atoms with Crippen LogP contribution in [0.2, 0.25) is 0 Å². The Hall–Kier alpha value is -7.10. The Labute approximate surface area is 319 Å². The van der Waals surface area contributed by atoms with E-state index >= 15 is 0 Å². The van der Waals surface area contributed by atoms with Crippen LogP contribution in [-0.4, -0.2) is 4.57 Å². The maximum Gasteiger partial charge on any atom is 0.142 e. The van der Waals surface area contributed by atoms with Crippen LogP contribution in [0.1, 0.15) is 17.7 Å². The Balaban J connectivity index is 0.955. The summed E-state index contributed by atoms with van der Waals surface area (Å²) in [7, 11) is 0. The van der Waals surface area contributed by atoms with Gasteiger partial charge in [-0.15, -0.1) is 0 Å². The summed E-state index contributed by atoms with van der Waals surface area (Å²) < 4.78 is 8.82. The standard InChI is InChI=1S/C52H36N2O/c1-2-13-40(14-3-1)53(42-29-24-37(25-30-42)44-17-10-18-47-46-16-7-9-20-51(46)55-52(44)47)41-27-21-36(22-28-41)39-26-32-50-48(34-39)45-15-6-8-19-49(45)54(50)43-31-23-35-11-4-5-12-38(35)33-43/h1-6,8-15,17-34H,7,16H2. The van der Waals surface area contributed by atoms with Crippen LogP contribution < -0.4 is 4.90 Å².